The van der Waals surface area contributed by atoms with E-state index < -0.39 is 6.10 Å². The summed E-state index contributed by atoms with van der Waals surface area (Å²) in [6, 6.07) is 0. The number of allylic oxidation sites excluding steroid dienone is 2. The van der Waals surface area contributed by atoms with Crippen LogP contribution in [-0.4, -0.2) is 21.7 Å². The van der Waals surface area contributed by atoms with E-state index in [1.165, 1.54) is 0 Å². The number of rotatable bonds is 0. The van der Waals surface area contributed by atoms with Crippen molar-refractivity contribution >= 4 is 5.71 Å². The van der Waals surface area contributed by atoms with Crippen LogP contribution < -0.4 is 24.8 Å². The molecule has 0 radical (unpaired) electrons. The molecule has 0 fully saturated rings. The van der Waals surface area contributed by atoms with Gasteiger partial charge in [-0.2, -0.15) is 4.79 Å². The number of halogens is 2. The quantitative estimate of drug-likeness (QED) is 0.270. The van der Waals surface area contributed by atoms with Gasteiger partial charge in [0.2, 0.25) is 0 Å². The van der Waals surface area contributed by atoms with Gasteiger partial charge in [-0.15, -0.1) is 0 Å². The molecule has 1 rings (SSSR count). The molecule has 0 saturated heterocycles. The molecule has 0 heterocycles. The molecule has 0 spiro atoms. The largest absolute Gasteiger partial charge is 2.00 e. The molecule has 0 saturated carbocycles. The van der Waals surface area contributed by atoms with Gasteiger partial charge in [-0.1, -0.05) is 0 Å². The fourth-order valence-corrected chi connectivity index (χ4v) is 1.19. The maximum atomic E-state index is 9.17. The summed E-state index contributed by atoms with van der Waals surface area (Å²) in [4.78, 5) is 3.11. The standard InChI is InChI=1S/C8H10N2O.2ClH.Zn/c1-5-3-7(11)4-6(2)8(5)10-9;;;/h3-4,7,11H,1-2H3;2*1H;/q;;;+2/p-2. The molecular formula is C8H10Cl2N2OZn. The van der Waals surface area contributed by atoms with Gasteiger partial charge >= 0.3 is 25.2 Å². The second-order valence-corrected chi connectivity index (χ2v) is 2.64. The van der Waals surface area contributed by atoms with Crippen LogP contribution in [0.25, 0.3) is 5.53 Å². The first-order valence-electron chi connectivity index (χ1n) is 3.43. The monoisotopic (exact) mass is 284 g/mol. The van der Waals surface area contributed by atoms with E-state index >= 15 is 0 Å². The summed E-state index contributed by atoms with van der Waals surface area (Å²) in [5, 5.41) is 9.17. The van der Waals surface area contributed by atoms with Crippen molar-refractivity contribution in [2.45, 2.75) is 20.0 Å². The zero-order valence-corrected chi connectivity index (χ0v) is 12.5. The minimum atomic E-state index is -0.541. The SMILES string of the molecule is CC1=CC(O)C=C(C)C1=[N+]=[N-].[Cl-].[Cl-].[Zn+2]. The maximum Gasteiger partial charge on any atom is 2.00 e. The molecule has 6 heteroatoms. The predicted octanol–water partition coefficient (Wildman–Crippen LogP) is -5.07. The van der Waals surface area contributed by atoms with Crippen molar-refractivity contribution in [3.8, 4) is 0 Å². The second-order valence-electron chi connectivity index (χ2n) is 2.64. The third-order valence-corrected chi connectivity index (χ3v) is 1.69. The van der Waals surface area contributed by atoms with Crippen LogP contribution in [0.2, 0.25) is 0 Å². The molecule has 0 unspecified atom stereocenters. The van der Waals surface area contributed by atoms with Crippen LogP contribution >= 0.6 is 0 Å². The van der Waals surface area contributed by atoms with Crippen molar-refractivity contribution in [3.63, 3.8) is 0 Å². The Kier molecular flexibility index (Phi) is 11.7. The fraction of sp³-hybridized carbons (Fsp3) is 0.375. The number of nitrogens with zero attached hydrogens (tertiary/aromatic N) is 2. The van der Waals surface area contributed by atoms with Crippen molar-refractivity contribution < 1.29 is 54.2 Å². The number of hydrogen-bond acceptors (Lipinski definition) is 1. The van der Waals surface area contributed by atoms with Crippen LogP contribution in [0, 0.1) is 0 Å². The molecule has 0 aromatic rings. The molecule has 0 aromatic heterocycles. The zero-order valence-electron chi connectivity index (χ0n) is 8.04. The van der Waals surface area contributed by atoms with Crippen LogP contribution in [-0.2, 0) is 19.5 Å². The van der Waals surface area contributed by atoms with Gasteiger partial charge in [0.15, 0.2) is 0 Å². The molecule has 0 bridgehead atoms. The Bertz CT molecular complexity index is 274. The van der Waals surface area contributed by atoms with Gasteiger partial charge in [0.1, 0.15) is 0 Å². The molecule has 0 amide bonds. The number of aliphatic hydroxyl groups is 1. The van der Waals surface area contributed by atoms with E-state index in [0.717, 1.165) is 11.1 Å². The number of hydrogen-bond donors (Lipinski definition) is 1. The van der Waals surface area contributed by atoms with Crippen molar-refractivity contribution in [3.05, 3.63) is 28.8 Å². The average molecular weight is 286 g/mol. The maximum absolute atomic E-state index is 9.17. The van der Waals surface area contributed by atoms with Gasteiger partial charge < -0.3 is 35.5 Å². The second kappa shape index (κ2) is 8.34. The Labute approximate surface area is 108 Å². The van der Waals surface area contributed by atoms with Crippen molar-refractivity contribution in [1.82, 2.24) is 0 Å². The van der Waals surface area contributed by atoms with Crippen molar-refractivity contribution in [2.75, 3.05) is 0 Å². The van der Waals surface area contributed by atoms with Gasteiger partial charge in [0.25, 0.3) is 0 Å². The van der Waals surface area contributed by atoms with E-state index in [1.807, 2.05) is 0 Å². The fourth-order valence-electron chi connectivity index (χ4n) is 1.19. The normalized spacial score (nSPS) is 18.8. The zero-order chi connectivity index (χ0) is 8.43. The summed E-state index contributed by atoms with van der Waals surface area (Å²) >= 11 is 0. The van der Waals surface area contributed by atoms with Gasteiger partial charge in [0.05, 0.1) is 6.10 Å². The Morgan fingerprint density at radius 3 is 1.86 bits per heavy atom. The molecule has 0 atom stereocenters. The van der Waals surface area contributed by atoms with Crippen LogP contribution in [0.4, 0.5) is 0 Å². The van der Waals surface area contributed by atoms with Crippen LogP contribution in [0.15, 0.2) is 23.3 Å². The minimum absolute atomic E-state index is 0. The predicted molar refractivity (Wildman–Crippen MR) is 42.1 cm³/mol. The third-order valence-electron chi connectivity index (χ3n) is 1.69. The Morgan fingerprint density at radius 1 is 1.21 bits per heavy atom. The summed E-state index contributed by atoms with van der Waals surface area (Å²) in [5.41, 5.74) is 10.7. The van der Waals surface area contributed by atoms with Gasteiger partial charge in [0, 0.05) is 11.1 Å². The summed E-state index contributed by atoms with van der Waals surface area (Å²) in [5.74, 6) is 0. The van der Waals surface area contributed by atoms with Gasteiger partial charge in [-0.3, -0.25) is 0 Å². The third kappa shape index (κ3) is 4.50. The number of aliphatic hydroxyl groups excluding tert-OH is 1. The molecule has 14 heavy (non-hydrogen) atoms. The van der Waals surface area contributed by atoms with E-state index in [9.17, 15) is 5.11 Å². The van der Waals surface area contributed by atoms with E-state index in [0.29, 0.717) is 5.71 Å². The summed E-state index contributed by atoms with van der Waals surface area (Å²) in [6.45, 7) is 3.60. The summed E-state index contributed by atoms with van der Waals surface area (Å²) in [6.07, 6.45) is 2.74. The minimum Gasteiger partial charge on any atom is -1.00 e. The molecule has 0 aromatic carbocycles. The van der Waals surface area contributed by atoms with E-state index in [2.05, 4.69) is 4.79 Å². The van der Waals surface area contributed by atoms with Crippen LogP contribution in [0.3, 0.4) is 0 Å². The average Bonchev–Trinajstić information content (AvgIpc) is 1.85. The first-order valence-corrected chi connectivity index (χ1v) is 3.43. The van der Waals surface area contributed by atoms with Crippen LogP contribution in [0.5, 0.6) is 0 Å². The molecule has 1 N–H and O–H groups in total. The van der Waals surface area contributed by atoms with Crippen molar-refractivity contribution in [2.24, 2.45) is 0 Å². The van der Waals surface area contributed by atoms with E-state index in [4.69, 9.17) is 5.53 Å². The van der Waals surface area contributed by atoms with Crippen molar-refractivity contribution in [1.29, 1.82) is 0 Å². The first kappa shape index (κ1) is 19.6. The Balaban J connectivity index is -0.000000403. The Hall–Kier alpha value is 0.0234. The molecule has 0 aliphatic heterocycles. The van der Waals surface area contributed by atoms with Gasteiger partial charge in [-0.25, -0.2) is 0 Å². The van der Waals surface area contributed by atoms with Crippen LogP contribution in [0.1, 0.15) is 13.8 Å². The molecule has 3 nitrogen and oxygen atoms in total. The smallest absolute Gasteiger partial charge is 1.00 e. The summed E-state index contributed by atoms with van der Waals surface area (Å²) < 4.78 is 0. The molecule has 74 valence electrons. The topological polar surface area (TPSA) is 56.6 Å². The van der Waals surface area contributed by atoms with Gasteiger partial charge in [-0.05, 0) is 26.0 Å². The summed E-state index contributed by atoms with van der Waals surface area (Å²) in [7, 11) is 0. The Morgan fingerprint density at radius 2 is 1.57 bits per heavy atom. The molecular weight excluding hydrogens is 276 g/mol. The first-order chi connectivity index (χ1) is 5.15. The molecule has 1 aliphatic carbocycles. The van der Waals surface area contributed by atoms with E-state index in [-0.39, 0.29) is 44.3 Å². The molecule has 1 aliphatic rings. The van der Waals surface area contributed by atoms with E-state index in [1.54, 1.807) is 26.0 Å².